The normalized spacial score (nSPS) is 20.3. The van der Waals surface area contributed by atoms with E-state index in [1.165, 1.54) is 6.07 Å². The van der Waals surface area contributed by atoms with Crippen LogP contribution in [0.15, 0.2) is 18.3 Å². The number of pyridine rings is 1. The van der Waals surface area contributed by atoms with Crippen LogP contribution in [0.5, 0.6) is 0 Å². The second-order valence-corrected chi connectivity index (χ2v) is 4.68. The Morgan fingerprint density at radius 1 is 1.37 bits per heavy atom. The van der Waals surface area contributed by atoms with Gasteiger partial charge in [0, 0.05) is 11.9 Å². The Hall–Kier alpha value is -1.43. The fourth-order valence-electron chi connectivity index (χ4n) is 2.13. The minimum atomic E-state index is -4.39. The summed E-state index contributed by atoms with van der Waals surface area (Å²) in [5.41, 5.74) is -0.412. The Labute approximate surface area is 109 Å². The number of alkyl halides is 3. The first-order chi connectivity index (χ1) is 8.97. The molecule has 1 saturated heterocycles. The lowest BCUT2D eigenvalue weighted by atomic mass is 9.98. The van der Waals surface area contributed by atoms with Crippen molar-refractivity contribution in [2.45, 2.75) is 37.9 Å². The lowest BCUT2D eigenvalue weighted by molar-refractivity contribution is -0.137. The first-order valence-corrected chi connectivity index (χ1v) is 6.25. The maximum atomic E-state index is 12.4. The topological polar surface area (TPSA) is 42.0 Å². The number of ketones is 1. The molecule has 1 N–H and O–H groups in total. The Kier molecular flexibility index (Phi) is 4.19. The van der Waals surface area contributed by atoms with Crippen LogP contribution in [0.4, 0.5) is 13.2 Å². The summed E-state index contributed by atoms with van der Waals surface area (Å²) < 4.78 is 37.1. The van der Waals surface area contributed by atoms with E-state index < -0.39 is 11.7 Å². The van der Waals surface area contributed by atoms with Gasteiger partial charge in [0.1, 0.15) is 0 Å². The van der Waals surface area contributed by atoms with Crippen LogP contribution in [-0.2, 0) is 17.4 Å². The van der Waals surface area contributed by atoms with E-state index in [4.69, 9.17) is 0 Å². The van der Waals surface area contributed by atoms with Gasteiger partial charge in [0.15, 0.2) is 5.78 Å². The van der Waals surface area contributed by atoms with E-state index in [1.807, 2.05) is 0 Å². The molecule has 0 aromatic carbocycles. The standard InChI is InChI=1S/C13H15F3N2O/c14-13(15,16)9-4-5-10(18-8-9)7-12(19)11-3-1-2-6-17-11/h4-5,8,11,17H,1-3,6-7H2/t11-/m0/s1. The van der Waals surface area contributed by atoms with Crippen LogP contribution in [0, 0.1) is 0 Å². The number of carbonyl (C=O) groups excluding carboxylic acids is 1. The van der Waals surface area contributed by atoms with Gasteiger partial charge in [-0.1, -0.05) is 6.42 Å². The Bertz CT molecular complexity index is 436. The molecule has 1 aromatic rings. The van der Waals surface area contributed by atoms with Gasteiger partial charge in [0.2, 0.25) is 0 Å². The van der Waals surface area contributed by atoms with Crippen molar-refractivity contribution in [3.63, 3.8) is 0 Å². The largest absolute Gasteiger partial charge is 0.417 e. The fraction of sp³-hybridized carbons (Fsp3) is 0.538. The Morgan fingerprint density at radius 2 is 2.16 bits per heavy atom. The summed E-state index contributed by atoms with van der Waals surface area (Å²) in [4.78, 5) is 15.6. The van der Waals surface area contributed by atoms with E-state index in [9.17, 15) is 18.0 Å². The molecule has 0 bridgehead atoms. The second kappa shape index (κ2) is 5.69. The minimum Gasteiger partial charge on any atom is -0.307 e. The highest BCUT2D eigenvalue weighted by atomic mass is 19.4. The van der Waals surface area contributed by atoms with Crippen molar-refractivity contribution in [2.24, 2.45) is 0 Å². The van der Waals surface area contributed by atoms with Crippen molar-refractivity contribution >= 4 is 5.78 Å². The maximum Gasteiger partial charge on any atom is 0.417 e. The number of piperidine rings is 1. The monoisotopic (exact) mass is 272 g/mol. The zero-order valence-corrected chi connectivity index (χ0v) is 10.3. The molecular weight excluding hydrogens is 257 g/mol. The van der Waals surface area contributed by atoms with Crippen molar-refractivity contribution in [1.29, 1.82) is 0 Å². The SMILES string of the molecule is O=C(Cc1ccc(C(F)(F)F)cn1)[C@@H]1CCCCN1. The third kappa shape index (κ3) is 3.76. The summed E-state index contributed by atoms with van der Waals surface area (Å²) >= 11 is 0. The number of nitrogens with zero attached hydrogens (tertiary/aromatic N) is 1. The van der Waals surface area contributed by atoms with Crippen molar-refractivity contribution in [1.82, 2.24) is 10.3 Å². The molecule has 0 radical (unpaired) electrons. The fourth-order valence-corrected chi connectivity index (χ4v) is 2.13. The number of carbonyl (C=O) groups is 1. The van der Waals surface area contributed by atoms with Crippen molar-refractivity contribution in [2.75, 3.05) is 6.54 Å². The number of nitrogens with one attached hydrogen (secondary N) is 1. The van der Waals surface area contributed by atoms with E-state index in [-0.39, 0.29) is 18.2 Å². The molecule has 1 aromatic heterocycles. The summed E-state index contributed by atoms with van der Waals surface area (Å²) in [6.45, 7) is 0.816. The Morgan fingerprint density at radius 3 is 2.68 bits per heavy atom. The molecule has 6 heteroatoms. The highest BCUT2D eigenvalue weighted by Gasteiger charge is 2.30. The molecule has 19 heavy (non-hydrogen) atoms. The molecule has 1 aliphatic rings. The molecule has 3 nitrogen and oxygen atoms in total. The van der Waals surface area contributed by atoms with E-state index in [2.05, 4.69) is 10.3 Å². The van der Waals surface area contributed by atoms with Gasteiger partial charge in [0.25, 0.3) is 0 Å². The third-order valence-electron chi connectivity index (χ3n) is 3.21. The van der Waals surface area contributed by atoms with Gasteiger partial charge in [-0.15, -0.1) is 0 Å². The number of rotatable bonds is 3. The van der Waals surface area contributed by atoms with Crippen molar-refractivity contribution < 1.29 is 18.0 Å². The van der Waals surface area contributed by atoms with Crippen LogP contribution in [0.1, 0.15) is 30.5 Å². The van der Waals surface area contributed by atoms with Gasteiger partial charge in [-0.2, -0.15) is 13.2 Å². The quantitative estimate of drug-likeness (QED) is 0.918. The predicted molar refractivity (Wildman–Crippen MR) is 63.6 cm³/mol. The molecule has 0 aliphatic carbocycles. The van der Waals surface area contributed by atoms with Gasteiger partial charge in [-0.3, -0.25) is 9.78 Å². The van der Waals surface area contributed by atoms with Crippen LogP contribution >= 0.6 is 0 Å². The molecule has 0 saturated carbocycles. The number of aromatic nitrogens is 1. The lowest BCUT2D eigenvalue weighted by Crippen LogP contribution is -2.41. The number of halogens is 3. The maximum absolute atomic E-state index is 12.4. The molecular formula is C13H15F3N2O. The number of Topliss-reactive ketones (excluding diaryl/α,β-unsaturated/α-hetero) is 1. The summed E-state index contributed by atoms with van der Waals surface area (Å²) in [5, 5.41) is 3.12. The molecule has 104 valence electrons. The van der Waals surface area contributed by atoms with Gasteiger partial charge in [-0.05, 0) is 31.5 Å². The van der Waals surface area contributed by atoms with Crippen molar-refractivity contribution in [3.05, 3.63) is 29.6 Å². The van der Waals surface area contributed by atoms with E-state index >= 15 is 0 Å². The predicted octanol–water partition coefficient (Wildman–Crippen LogP) is 2.35. The molecule has 0 amide bonds. The summed E-state index contributed by atoms with van der Waals surface area (Å²) in [5.74, 6) is -0.00745. The average molecular weight is 272 g/mol. The molecule has 2 rings (SSSR count). The van der Waals surface area contributed by atoms with Crippen LogP contribution in [0.25, 0.3) is 0 Å². The highest BCUT2D eigenvalue weighted by molar-refractivity contribution is 5.85. The molecule has 1 atom stereocenters. The minimum absolute atomic E-state index is 0.00745. The molecule has 0 spiro atoms. The van der Waals surface area contributed by atoms with Crippen LogP contribution in [0.2, 0.25) is 0 Å². The van der Waals surface area contributed by atoms with Gasteiger partial charge < -0.3 is 5.32 Å². The van der Waals surface area contributed by atoms with Crippen LogP contribution < -0.4 is 5.32 Å². The average Bonchev–Trinajstić information content (AvgIpc) is 2.39. The van der Waals surface area contributed by atoms with Gasteiger partial charge in [-0.25, -0.2) is 0 Å². The summed E-state index contributed by atoms with van der Waals surface area (Å²) in [7, 11) is 0. The first-order valence-electron chi connectivity index (χ1n) is 6.25. The number of hydrogen-bond acceptors (Lipinski definition) is 3. The van der Waals surface area contributed by atoms with Gasteiger partial charge in [0.05, 0.1) is 18.0 Å². The van der Waals surface area contributed by atoms with Gasteiger partial charge >= 0.3 is 6.18 Å². The summed E-state index contributed by atoms with van der Waals surface area (Å²) in [6, 6.07) is 2.05. The zero-order chi connectivity index (χ0) is 13.9. The summed E-state index contributed by atoms with van der Waals surface area (Å²) in [6.07, 6.45) is -0.682. The smallest absolute Gasteiger partial charge is 0.307 e. The molecule has 1 fully saturated rings. The van der Waals surface area contributed by atoms with Crippen molar-refractivity contribution in [3.8, 4) is 0 Å². The van der Waals surface area contributed by atoms with Crippen LogP contribution in [-0.4, -0.2) is 23.4 Å². The highest BCUT2D eigenvalue weighted by Crippen LogP contribution is 2.28. The molecule has 0 unspecified atom stereocenters. The number of hydrogen-bond donors (Lipinski definition) is 1. The lowest BCUT2D eigenvalue weighted by Gasteiger charge is -2.22. The zero-order valence-electron chi connectivity index (χ0n) is 10.3. The molecule has 1 aliphatic heterocycles. The third-order valence-corrected chi connectivity index (χ3v) is 3.21. The van der Waals surface area contributed by atoms with Crippen LogP contribution in [0.3, 0.4) is 0 Å². The van der Waals surface area contributed by atoms with E-state index in [0.29, 0.717) is 5.69 Å². The second-order valence-electron chi connectivity index (χ2n) is 4.68. The first kappa shape index (κ1) is 14.0. The Balaban J connectivity index is 1.97. The van der Waals surface area contributed by atoms with E-state index in [1.54, 1.807) is 0 Å². The molecule has 2 heterocycles. The van der Waals surface area contributed by atoms with E-state index in [0.717, 1.165) is 38.1 Å².